The van der Waals surface area contributed by atoms with Crippen molar-refractivity contribution in [1.29, 1.82) is 0 Å². The highest BCUT2D eigenvalue weighted by atomic mass is 19.1. The molecular formula is C25H20FN7O. The Morgan fingerprint density at radius 3 is 2.79 bits per heavy atom. The molecule has 6 rings (SSSR count). The Hall–Kier alpha value is -4.37. The van der Waals surface area contributed by atoms with E-state index in [1.165, 1.54) is 6.07 Å². The normalized spacial score (nSPS) is 11.8. The summed E-state index contributed by atoms with van der Waals surface area (Å²) in [5.74, 6) is 0.110. The summed E-state index contributed by atoms with van der Waals surface area (Å²) >= 11 is 0. The van der Waals surface area contributed by atoms with Crippen LogP contribution >= 0.6 is 0 Å². The average Bonchev–Trinajstić information content (AvgIpc) is 3.57. The monoisotopic (exact) mass is 453 g/mol. The molecule has 2 N–H and O–H groups in total. The van der Waals surface area contributed by atoms with Crippen LogP contribution in [0.2, 0.25) is 0 Å². The first-order chi connectivity index (χ1) is 16.6. The van der Waals surface area contributed by atoms with Gasteiger partial charge in [-0.1, -0.05) is 0 Å². The number of aromatic amines is 2. The maximum atomic E-state index is 15.1. The summed E-state index contributed by atoms with van der Waals surface area (Å²) < 4.78 is 20.3. The highest BCUT2D eigenvalue weighted by Crippen LogP contribution is 2.34. The number of halogens is 1. The van der Waals surface area contributed by atoms with Gasteiger partial charge in [-0.3, -0.25) is 10.1 Å². The zero-order chi connectivity index (χ0) is 23.2. The van der Waals surface area contributed by atoms with Gasteiger partial charge in [0.05, 0.1) is 18.0 Å². The van der Waals surface area contributed by atoms with Crippen molar-refractivity contribution in [1.82, 2.24) is 35.0 Å². The van der Waals surface area contributed by atoms with Gasteiger partial charge in [0.25, 0.3) is 0 Å². The Balaban J connectivity index is 1.49. The van der Waals surface area contributed by atoms with Crippen molar-refractivity contribution < 1.29 is 8.81 Å². The maximum absolute atomic E-state index is 15.1. The van der Waals surface area contributed by atoms with Crippen molar-refractivity contribution in [3.63, 3.8) is 0 Å². The summed E-state index contributed by atoms with van der Waals surface area (Å²) in [6, 6.07) is 9.19. The molecule has 9 heteroatoms. The van der Waals surface area contributed by atoms with Gasteiger partial charge in [-0.05, 0) is 55.6 Å². The van der Waals surface area contributed by atoms with Crippen LogP contribution in [0, 0.1) is 5.82 Å². The van der Waals surface area contributed by atoms with Gasteiger partial charge in [-0.25, -0.2) is 14.4 Å². The van der Waals surface area contributed by atoms with Crippen molar-refractivity contribution in [3.8, 4) is 33.8 Å². The molecule has 0 saturated carbocycles. The predicted octanol–water partition coefficient (Wildman–Crippen LogP) is 5.02. The van der Waals surface area contributed by atoms with Gasteiger partial charge in [0.15, 0.2) is 17.3 Å². The number of fused-ring (bicyclic) bond motifs is 2. The van der Waals surface area contributed by atoms with Crippen molar-refractivity contribution in [2.45, 2.75) is 6.54 Å². The number of H-pyrrole nitrogens is 2. The van der Waals surface area contributed by atoms with Gasteiger partial charge in [-0.15, -0.1) is 0 Å². The molecule has 5 heterocycles. The van der Waals surface area contributed by atoms with E-state index in [0.717, 1.165) is 34.3 Å². The number of furan rings is 1. The minimum absolute atomic E-state index is 0.250. The molecule has 8 nitrogen and oxygen atoms in total. The highest BCUT2D eigenvalue weighted by molar-refractivity contribution is 5.97. The smallest absolute Gasteiger partial charge is 0.178 e. The Labute approximate surface area is 193 Å². The van der Waals surface area contributed by atoms with Crippen molar-refractivity contribution in [2.24, 2.45) is 0 Å². The third kappa shape index (κ3) is 3.43. The van der Waals surface area contributed by atoms with Crippen molar-refractivity contribution >= 4 is 22.1 Å². The molecule has 0 atom stereocenters. The average molecular weight is 453 g/mol. The number of nitrogens with one attached hydrogen (secondary N) is 2. The van der Waals surface area contributed by atoms with E-state index in [9.17, 15) is 0 Å². The van der Waals surface area contributed by atoms with Crippen LogP contribution in [-0.4, -0.2) is 49.1 Å². The highest BCUT2D eigenvalue weighted by Gasteiger charge is 2.18. The Morgan fingerprint density at radius 2 is 1.97 bits per heavy atom. The molecule has 0 unspecified atom stereocenters. The lowest BCUT2D eigenvalue weighted by molar-refractivity contribution is 0.402. The molecule has 0 bridgehead atoms. The summed E-state index contributed by atoms with van der Waals surface area (Å²) in [7, 11) is 3.99. The number of hydrogen-bond acceptors (Lipinski definition) is 6. The zero-order valence-electron chi connectivity index (χ0n) is 18.5. The Kier molecular flexibility index (Phi) is 4.70. The van der Waals surface area contributed by atoms with Gasteiger partial charge in [-0.2, -0.15) is 5.10 Å². The molecule has 0 spiro atoms. The molecule has 0 aliphatic heterocycles. The fraction of sp³-hybridized carbons (Fsp3) is 0.120. The number of nitrogens with zero attached hydrogens (tertiary/aromatic N) is 5. The number of pyridine rings is 2. The first-order valence-electron chi connectivity index (χ1n) is 10.7. The minimum atomic E-state index is -0.415. The Bertz CT molecular complexity index is 1630. The molecule has 5 aromatic heterocycles. The topological polar surface area (TPSA) is 99.5 Å². The molecule has 0 radical (unpaired) electrons. The summed E-state index contributed by atoms with van der Waals surface area (Å²) in [5, 5.41) is 7.78. The molecule has 6 aromatic rings. The summed E-state index contributed by atoms with van der Waals surface area (Å²) in [5.41, 5.74) is 6.57. The third-order valence-corrected chi connectivity index (χ3v) is 5.70. The number of imidazole rings is 1. The first kappa shape index (κ1) is 20.3. The quantitative estimate of drug-likeness (QED) is 0.380. The summed E-state index contributed by atoms with van der Waals surface area (Å²) in [6.07, 6.45) is 8.54. The number of rotatable bonds is 5. The van der Waals surface area contributed by atoms with E-state index in [1.54, 1.807) is 24.9 Å². The van der Waals surface area contributed by atoms with E-state index >= 15 is 4.39 Å². The van der Waals surface area contributed by atoms with Crippen LogP contribution in [0.15, 0.2) is 65.9 Å². The lowest BCUT2D eigenvalue weighted by Crippen LogP contribution is -2.10. The molecule has 0 fully saturated rings. The summed E-state index contributed by atoms with van der Waals surface area (Å²) in [6.45, 7) is 0.744. The van der Waals surface area contributed by atoms with Gasteiger partial charge >= 0.3 is 0 Å². The van der Waals surface area contributed by atoms with Crippen LogP contribution < -0.4 is 0 Å². The van der Waals surface area contributed by atoms with Crippen LogP contribution in [0.25, 0.3) is 55.8 Å². The van der Waals surface area contributed by atoms with Crippen molar-refractivity contribution in [2.75, 3.05) is 14.1 Å². The lowest BCUT2D eigenvalue weighted by Gasteiger charge is -2.10. The fourth-order valence-electron chi connectivity index (χ4n) is 4.21. The van der Waals surface area contributed by atoms with E-state index in [2.05, 4.69) is 35.0 Å². The van der Waals surface area contributed by atoms with Gasteiger partial charge in [0, 0.05) is 47.2 Å². The second kappa shape index (κ2) is 7.89. The zero-order valence-corrected chi connectivity index (χ0v) is 18.5. The van der Waals surface area contributed by atoms with Crippen LogP contribution in [0.1, 0.15) is 5.56 Å². The van der Waals surface area contributed by atoms with E-state index in [4.69, 9.17) is 4.42 Å². The molecule has 1 aromatic carbocycles. The second-order valence-corrected chi connectivity index (χ2v) is 8.43. The molecule has 168 valence electrons. The number of hydrogen-bond donors (Lipinski definition) is 2. The number of aromatic nitrogens is 6. The molecular weight excluding hydrogens is 433 g/mol. The molecule has 0 aliphatic rings. The van der Waals surface area contributed by atoms with Gasteiger partial charge in [0.1, 0.15) is 11.2 Å². The SMILES string of the molecule is CN(C)Cc1cncc(-c2cc(F)c3n[nH]c(-c4nc5nccc(-c6ccoc6)c5[nH]4)c3c2)c1. The third-order valence-electron chi connectivity index (χ3n) is 5.70. The van der Waals surface area contributed by atoms with E-state index in [-0.39, 0.29) is 5.52 Å². The lowest BCUT2D eigenvalue weighted by atomic mass is 10.0. The Morgan fingerprint density at radius 1 is 1.06 bits per heavy atom. The molecule has 0 aliphatic carbocycles. The van der Waals surface area contributed by atoms with E-state index in [0.29, 0.717) is 28.1 Å². The van der Waals surface area contributed by atoms with Crippen LogP contribution in [0.4, 0.5) is 4.39 Å². The molecule has 34 heavy (non-hydrogen) atoms. The largest absolute Gasteiger partial charge is 0.472 e. The van der Waals surface area contributed by atoms with Crippen LogP contribution in [0.3, 0.4) is 0 Å². The minimum Gasteiger partial charge on any atom is -0.472 e. The molecule has 0 amide bonds. The molecule has 0 saturated heterocycles. The number of benzene rings is 1. The maximum Gasteiger partial charge on any atom is 0.178 e. The van der Waals surface area contributed by atoms with Crippen LogP contribution in [-0.2, 0) is 6.54 Å². The summed E-state index contributed by atoms with van der Waals surface area (Å²) in [4.78, 5) is 18.8. The van der Waals surface area contributed by atoms with Crippen molar-refractivity contribution in [3.05, 3.63) is 72.8 Å². The standard InChI is InChI=1S/C25H20FN7O/c1-33(2)12-14-7-17(11-27-10-14)16-8-19-21(20(26)9-16)31-32-23(19)25-29-22-18(15-4-6-34-13-15)3-5-28-24(22)30-25/h3-11,13H,12H2,1-2H3,(H,31,32)(H,28,29,30). The van der Waals surface area contributed by atoms with E-state index in [1.807, 2.05) is 44.6 Å². The van der Waals surface area contributed by atoms with E-state index < -0.39 is 5.82 Å². The first-order valence-corrected chi connectivity index (χ1v) is 10.7. The predicted molar refractivity (Wildman–Crippen MR) is 127 cm³/mol. The fourth-order valence-corrected chi connectivity index (χ4v) is 4.21. The second-order valence-electron chi connectivity index (χ2n) is 8.43. The van der Waals surface area contributed by atoms with Gasteiger partial charge < -0.3 is 14.3 Å². The van der Waals surface area contributed by atoms with Gasteiger partial charge in [0.2, 0.25) is 0 Å². The van der Waals surface area contributed by atoms with Crippen LogP contribution in [0.5, 0.6) is 0 Å².